The maximum Gasteiger partial charge on any atom is 0.0900 e. The molecule has 0 aliphatic carbocycles. The highest BCUT2D eigenvalue weighted by Gasteiger charge is 2.17. The molecule has 0 aromatic heterocycles. The van der Waals surface area contributed by atoms with Crippen LogP contribution < -0.4 is 0 Å². The Balaban J connectivity index is 1.76. The normalized spacial score (nSPS) is 19.5. The van der Waals surface area contributed by atoms with Crippen LogP contribution in [0.3, 0.4) is 0 Å². The van der Waals surface area contributed by atoms with Crippen molar-refractivity contribution in [1.29, 1.82) is 0 Å². The van der Waals surface area contributed by atoms with Crippen molar-refractivity contribution in [1.82, 2.24) is 4.90 Å². The Morgan fingerprint density at radius 2 is 1.89 bits per heavy atom. The van der Waals surface area contributed by atoms with Crippen molar-refractivity contribution in [3.05, 3.63) is 35.9 Å². The van der Waals surface area contributed by atoms with Gasteiger partial charge in [-0.1, -0.05) is 37.3 Å². The van der Waals surface area contributed by atoms with Gasteiger partial charge < -0.3 is 14.7 Å². The van der Waals surface area contributed by atoms with Crippen LogP contribution in [0.1, 0.15) is 37.9 Å². The van der Waals surface area contributed by atoms with Gasteiger partial charge in [-0.2, -0.15) is 0 Å². The summed E-state index contributed by atoms with van der Waals surface area (Å²) in [4.78, 5) is 2.32. The number of aliphatic hydroxyl groups excluding tert-OH is 1. The lowest BCUT2D eigenvalue weighted by atomic mass is 10.1. The van der Waals surface area contributed by atoms with Gasteiger partial charge in [0.2, 0.25) is 0 Å². The molecule has 1 aromatic rings. The third kappa shape index (κ3) is 4.60. The van der Waals surface area contributed by atoms with Gasteiger partial charge in [-0.3, -0.25) is 0 Å². The minimum absolute atomic E-state index is 0.0921. The van der Waals surface area contributed by atoms with Crippen molar-refractivity contribution >= 4 is 0 Å². The minimum Gasteiger partial charge on any atom is -0.389 e. The van der Waals surface area contributed by atoms with E-state index in [4.69, 9.17) is 4.74 Å². The van der Waals surface area contributed by atoms with Gasteiger partial charge in [0.25, 0.3) is 0 Å². The lowest BCUT2D eigenvalue weighted by Gasteiger charge is -2.22. The molecule has 2 atom stereocenters. The lowest BCUT2D eigenvalue weighted by molar-refractivity contribution is -0.0215. The van der Waals surface area contributed by atoms with Crippen molar-refractivity contribution in [3.63, 3.8) is 0 Å². The van der Waals surface area contributed by atoms with Crippen LogP contribution in [-0.2, 0) is 4.74 Å². The lowest BCUT2D eigenvalue weighted by Crippen LogP contribution is -2.33. The molecule has 3 nitrogen and oxygen atoms in total. The predicted molar refractivity (Wildman–Crippen MR) is 77.1 cm³/mol. The smallest absolute Gasteiger partial charge is 0.0900 e. The molecule has 0 amide bonds. The van der Waals surface area contributed by atoms with E-state index in [0.29, 0.717) is 6.61 Å². The molecule has 1 N–H and O–H groups in total. The molecular formula is C16H25NO2. The molecule has 1 fully saturated rings. The molecule has 1 heterocycles. The molecule has 2 rings (SSSR count). The Morgan fingerprint density at radius 3 is 2.53 bits per heavy atom. The van der Waals surface area contributed by atoms with E-state index in [1.807, 2.05) is 18.2 Å². The summed E-state index contributed by atoms with van der Waals surface area (Å²) in [6.07, 6.45) is 3.16. The highest BCUT2D eigenvalue weighted by atomic mass is 16.5. The van der Waals surface area contributed by atoms with E-state index in [-0.39, 0.29) is 12.2 Å². The Kier molecular flexibility index (Phi) is 5.83. The number of β-amino-alcohol motifs (C(OH)–C–C–N with tert-alkyl or cyclic N) is 1. The average molecular weight is 263 g/mol. The summed E-state index contributed by atoms with van der Waals surface area (Å²) in [5.74, 6) is 0. The molecular weight excluding hydrogens is 238 g/mol. The van der Waals surface area contributed by atoms with Crippen LogP contribution in [-0.4, -0.2) is 42.4 Å². The third-order valence-corrected chi connectivity index (χ3v) is 3.70. The monoisotopic (exact) mass is 263 g/mol. The number of aliphatic hydroxyl groups is 1. The summed E-state index contributed by atoms with van der Waals surface area (Å²) in [5, 5.41) is 10.0. The van der Waals surface area contributed by atoms with Gasteiger partial charge in [-0.05, 0) is 37.9 Å². The second-order valence-corrected chi connectivity index (χ2v) is 5.30. The van der Waals surface area contributed by atoms with Gasteiger partial charge in [0, 0.05) is 6.54 Å². The molecule has 0 spiro atoms. The number of nitrogens with zero attached hydrogens (tertiary/aromatic N) is 1. The van der Waals surface area contributed by atoms with E-state index >= 15 is 0 Å². The first-order chi connectivity index (χ1) is 9.29. The van der Waals surface area contributed by atoms with Crippen LogP contribution in [0, 0.1) is 0 Å². The first kappa shape index (κ1) is 14.5. The van der Waals surface area contributed by atoms with Crippen molar-refractivity contribution in [2.45, 2.75) is 38.4 Å². The number of benzene rings is 1. The largest absolute Gasteiger partial charge is 0.389 e. The van der Waals surface area contributed by atoms with E-state index in [1.165, 1.54) is 18.4 Å². The molecule has 1 aliphatic heterocycles. The molecule has 3 heteroatoms. The topological polar surface area (TPSA) is 32.7 Å². The standard InChI is InChI=1S/C16H25NO2/c1-2-16(14-8-4-3-5-9-14)19-13-15(18)12-17-10-6-7-11-17/h3-5,8-9,15-16,18H,2,6-7,10-13H2,1H3/t15-,16-/m0/s1. The van der Waals surface area contributed by atoms with Crippen molar-refractivity contribution in [2.75, 3.05) is 26.2 Å². The van der Waals surface area contributed by atoms with Crippen LogP contribution >= 0.6 is 0 Å². The predicted octanol–water partition coefficient (Wildman–Crippen LogP) is 2.61. The average Bonchev–Trinajstić information content (AvgIpc) is 2.93. The van der Waals surface area contributed by atoms with E-state index in [9.17, 15) is 5.11 Å². The van der Waals surface area contributed by atoms with Crippen LogP contribution in [0.5, 0.6) is 0 Å². The first-order valence-corrected chi connectivity index (χ1v) is 7.36. The fourth-order valence-corrected chi connectivity index (χ4v) is 2.66. The third-order valence-electron chi connectivity index (χ3n) is 3.70. The molecule has 1 saturated heterocycles. The first-order valence-electron chi connectivity index (χ1n) is 7.36. The van der Waals surface area contributed by atoms with E-state index in [2.05, 4.69) is 24.0 Å². The Bertz CT molecular complexity index is 349. The van der Waals surface area contributed by atoms with E-state index in [1.54, 1.807) is 0 Å². The summed E-state index contributed by atoms with van der Waals surface area (Å²) in [7, 11) is 0. The van der Waals surface area contributed by atoms with E-state index < -0.39 is 0 Å². The SMILES string of the molecule is CC[C@H](OC[C@@H](O)CN1CCCC1)c1ccccc1. The molecule has 0 unspecified atom stereocenters. The van der Waals surface area contributed by atoms with Gasteiger partial charge >= 0.3 is 0 Å². The second kappa shape index (κ2) is 7.63. The zero-order valence-electron chi connectivity index (χ0n) is 11.8. The van der Waals surface area contributed by atoms with E-state index in [0.717, 1.165) is 26.1 Å². The van der Waals surface area contributed by atoms with Gasteiger partial charge in [0.1, 0.15) is 0 Å². The summed E-state index contributed by atoms with van der Waals surface area (Å²) in [6.45, 7) is 5.51. The zero-order chi connectivity index (χ0) is 13.5. The Labute approximate surface area is 116 Å². The quantitative estimate of drug-likeness (QED) is 0.821. The molecule has 106 valence electrons. The maximum atomic E-state index is 10.0. The maximum absolute atomic E-state index is 10.0. The zero-order valence-corrected chi connectivity index (χ0v) is 11.8. The summed E-state index contributed by atoms with van der Waals surface area (Å²) < 4.78 is 5.87. The summed E-state index contributed by atoms with van der Waals surface area (Å²) >= 11 is 0. The number of hydrogen-bond acceptors (Lipinski definition) is 3. The van der Waals surface area contributed by atoms with Gasteiger partial charge in [0.15, 0.2) is 0 Å². The van der Waals surface area contributed by atoms with Crippen molar-refractivity contribution < 1.29 is 9.84 Å². The van der Waals surface area contributed by atoms with Crippen molar-refractivity contribution in [2.24, 2.45) is 0 Å². The number of likely N-dealkylation sites (tertiary alicyclic amines) is 1. The summed E-state index contributed by atoms with van der Waals surface area (Å²) in [6, 6.07) is 10.2. The highest BCUT2D eigenvalue weighted by molar-refractivity contribution is 5.17. The van der Waals surface area contributed by atoms with Crippen LogP contribution in [0.4, 0.5) is 0 Å². The molecule has 19 heavy (non-hydrogen) atoms. The Hall–Kier alpha value is -0.900. The van der Waals surface area contributed by atoms with Gasteiger partial charge in [-0.25, -0.2) is 0 Å². The number of rotatable bonds is 7. The van der Waals surface area contributed by atoms with Crippen LogP contribution in [0.15, 0.2) is 30.3 Å². The molecule has 0 radical (unpaired) electrons. The van der Waals surface area contributed by atoms with Gasteiger partial charge in [0.05, 0.1) is 18.8 Å². The van der Waals surface area contributed by atoms with Gasteiger partial charge in [-0.15, -0.1) is 0 Å². The Morgan fingerprint density at radius 1 is 1.21 bits per heavy atom. The second-order valence-electron chi connectivity index (χ2n) is 5.30. The molecule has 0 bridgehead atoms. The van der Waals surface area contributed by atoms with Crippen molar-refractivity contribution in [3.8, 4) is 0 Å². The molecule has 1 aromatic carbocycles. The van der Waals surface area contributed by atoms with Crippen LogP contribution in [0.25, 0.3) is 0 Å². The molecule has 0 saturated carbocycles. The highest BCUT2D eigenvalue weighted by Crippen LogP contribution is 2.20. The number of ether oxygens (including phenoxy) is 1. The van der Waals surface area contributed by atoms with Crippen LogP contribution in [0.2, 0.25) is 0 Å². The fourth-order valence-electron chi connectivity index (χ4n) is 2.66. The minimum atomic E-state index is -0.379. The number of hydrogen-bond donors (Lipinski definition) is 1. The summed E-state index contributed by atoms with van der Waals surface area (Å²) in [5.41, 5.74) is 1.19. The fraction of sp³-hybridized carbons (Fsp3) is 0.625. The molecule has 1 aliphatic rings.